The molecule has 2 N–H and O–H groups in total. The van der Waals surface area contributed by atoms with Gasteiger partial charge in [0.1, 0.15) is 18.4 Å². The van der Waals surface area contributed by atoms with Crippen LogP contribution >= 0.6 is 0 Å². The van der Waals surface area contributed by atoms with Gasteiger partial charge in [0.15, 0.2) is 5.78 Å². The van der Waals surface area contributed by atoms with Crippen LogP contribution in [0.5, 0.6) is 0 Å². The Labute approximate surface area is 171 Å². The lowest BCUT2D eigenvalue weighted by molar-refractivity contribution is -0.384. The standard InChI is InChI=1S/C20H19N3O7/c1-12(25)18(30-2)17(11-24)22-20(27)13-3-7-15(8-4-13)21-19(26)14-5-9-16(10-6-14)23(28)29/h3-11,17-18H,1-2H3,(H,21,26)(H,22,27). The lowest BCUT2D eigenvalue weighted by atomic mass is 10.1. The highest BCUT2D eigenvalue weighted by atomic mass is 16.6. The molecule has 2 aromatic rings. The van der Waals surface area contributed by atoms with Crippen molar-refractivity contribution in [1.82, 2.24) is 5.32 Å². The molecular formula is C20H19N3O7. The number of rotatable bonds is 9. The zero-order chi connectivity index (χ0) is 22.3. The zero-order valence-corrected chi connectivity index (χ0v) is 16.2. The third-order valence-corrected chi connectivity index (χ3v) is 4.17. The smallest absolute Gasteiger partial charge is 0.269 e. The number of carbonyl (C=O) groups is 4. The Bertz CT molecular complexity index is 955. The van der Waals surface area contributed by atoms with Crippen molar-refractivity contribution in [2.45, 2.75) is 19.1 Å². The van der Waals surface area contributed by atoms with E-state index < -0.39 is 34.7 Å². The van der Waals surface area contributed by atoms with Gasteiger partial charge < -0.3 is 20.2 Å². The van der Waals surface area contributed by atoms with Crippen molar-refractivity contribution in [3.05, 3.63) is 69.8 Å². The fraction of sp³-hybridized carbons (Fsp3) is 0.200. The molecule has 0 bridgehead atoms. The van der Waals surface area contributed by atoms with Crippen LogP contribution in [0.25, 0.3) is 0 Å². The molecule has 2 aromatic carbocycles. The molecule has 0 aromatic heterocycles. The predicted molar refractivity (Wildman–Crippen MR) is 106 cm³/mol. The number of nitrogens with one attached hydrogen (secondary N) is 2. The summed E-state index contributed by atoms with van der Waals surface area (Å²) < 4.78 is 4.95. The molecule has 2 amide bonds. The van der Waals surface area contributed by atoms with Crippen molar-refractivity contribution in [2.75, 3.05) is 12.4 Å². The quantitative estimate of drug-likeness (QED) is 0.362. The first kappa shape index (κ1) is 22.4. The Morgan fingerprint density at radius 3 is 2.00 bits per heavy atom. The second kappa shape index (κ2) is 10.0. The second-order valence-corrected chi connectivity index (χ2v) is 6.24. The van der Waals surface area contributed by atoms with Gasteiger partial charge >= 0.3 is 0 Å². The fourth-order valence-corrected chi connectivity index (χ4v) is 2.62. The minimum Gasteiger partial charge on any atom is -0.371 e. The van der Waals surface area contributed by atoms with E-state index in [1.54, 1.807) is 0 Å². The molecule has 0 heterocycles. The number of nitro benzene ring substituents is 1. The van der Waals surface area contributed by atoms with Crippen LogP contribution in [-0.2, 0) is 14.3 Å². The van der Waals surface area contributed by atoms with E-state index in [1.165, 1.54) is 62.6 Å². The molecule has 0 aliphatic carbocycles. The van der Waals surface area contributed by atoms with Gasteiger partial charge in [-0.25, -0.2) is 0 Å². The number of nitro groups is 1. The van der Waals surface area contributed by atoms with Crippen LogP contribution in [-0.4, -0.2) is 48.1 Å². The number of ether oxygens (including phenoxy) is 1. The lowest BCUT2D eigenvalue weighted by Gasteiger charge is -2.20. The lowest BCUT2D eigenvalue weighted by Crippen LogP contribution is -2.48. The van der Waals surface area contributed by atoms with E-state index >= 15 is 0 Å². The summed E-state index contributed by atoms with van der Waals surface area (Å²) >= 11 is 0. The predicted octanol–water partition coefficient (Wildman–Crippen LogP) is 1.75. The average Bonchev–Trinajstić information content (AvgIpc) is 2.73. The van der Waals surface area contributed by atoms with E-state index in [9.17, 15) is 29.3 Å². The number of benzene rings is 2. The molecule has 30 heavy (non-hydrogen) atoms. The van der Waals surface area contributed by atoms with Crippen molar-refractivity contribution >= 4 is 35.3 Å². The summed E-state index contributed by atoms with van der Waals surface area (Å²) in [5.74, 6) is -1.48. The molecule has 0 saturated heterocycles. The van der Waals surface area contributed by atoms with Gasteiger partial charge in [0, 0.05) is 36.1 Å². The maximum absolute atomic E-state index is 12.3. The summed E-state index contributed by atoms with van der Waals surface area (Å²) in [6.45, 7) is 1.25. The first-order valence-corrected chi connectivity index (χ1v) is 8.72. The van der Waals surface area contributed by atoms with E-state index in [2.05, 4.69) is 10.6 Å². The Kier molecular flexibility index (Phi) is 7.48. The molecule has 0 aliphatic rings. The average molecular weight is 413 g/mol. The van der Waals surface area contributed by atoms with Crippen molar-refractivity contribution < 1.29 is 28.8 Å². The minimum absolute atomic E-state index is 0.129. The monoisotopic (exact) mass is 413 g/mol. The van der Waals surface area contributed by atoms with Crippen molar-refractivity contribution in [2.24, 2.45) is 0 Å². The first-order valence-electron chi connectivity index (χ1n) is 8.72. The number of methoxy groups -OCH3 is 1. The number of hydrogen-bond acceptors (Lipinski definition) is 7. The van der Waals surface area contributed by atoms with Gasteiger partial charge in [-0.15, -0.1) is 0 Å². The third-order valence-electron chi connectivity index (χ3n) is 4.17. The van der Waals surface area contributed by atoms with Crippen molar-refractivity contribution in [3.8, 4) is 0 Å². The van der Waals surface area contributed by atoms with Crippen LogP contribution < -0.4 is 10.6 Å². The van der Waals surface area contributed by atoms with Crippen molar-refractivity contribution in [3.63, 3.8) is 0 Å². The van der Waals surface area contributed by atoms with Gasteiger partial charge in [-0.1, -0.05) is 0 Å². The molecule has 2 unspecified atom stereocenters. The molecule has 0 fully saturated rings. The fourth-order valence-electron chi connectivity index (χ4n) is 2.62. The minimum atomic E-state index is -1.14. The van der Waals surface area contributed by atoms with Crippen molar-refractivity contribution in [1.29, 1.82) is 0 Å². The van der Waals surface area contributed by atoms with E-state index in [1.807, 2.05) is 0 Å². The zero-order valence-electron chi connectivity index (χ0n) is 16.2. The van der Waals surface area contributed by atoms with Gasteiger partial charge in [0.05, 0.1) is 4.92 Å². The summed E-state index contributed by atoms with van der Waals surface area (Å²) in [5.41, 5.74) is 0.691. The van der Waals surface area contributed by atoms with Crippen LogP contribution in [0.1, 0.15) is 27.6 Å². The maximum Gasteiger partial charge on any atom is 0.269 e. The van der Waals surface area contributed by atoms with E-state index in [4.69, 9.17) is 4.74 Å². The SMILES string of the molecule is COC(C(C)=O)C(C=O)NC(=O)c1ccc(NC(=O)c2ccc([N+](=O)[O-])cc2)cc1. The topological polar surface area (TPSA) is 145 Å². The highest BCUT2D eigenvalue weighted by molar-refractivity contribution is 6.04. The highest BCUT2D eigenvalue weighted by Crippen LogP contribution is 2.15. The largest absolute Gasteiger partial charge is 0.371 e. The Morgan fingerprint density at radius 2 is 1.53 bits per heavy atom. The molecule has 0 spiro atoms. The second-order valence-electron chi connectivity index (χ2n) is 6.24. The van der Waals surface area contributed by atoms with E-state index in [0.717, 1.165) is 0 Å². The summed E-state index contributed by atoms with van der Waals surface area (Å²) in [6.07, 6.45) is -0.668. The Morgan fingerprint density at radius 1 is 1.00 bits per heavy atom. The van der Waals surface area contributed by atoms with E-state index in [0.29, 0.717) is 12.0 Å². The molecule has 2 atom stereocenters. The summed E-state index contributed by atoms with van der Waals surface area (Å²) in [7, 11) is 1.26. The number of aldehydes is 1. The maximum atomic E-state index is 12.3. The van der Waals surface area contributed by atoms with Crippen LogP contribution in [0.3, 0.4) is 0 Å². The summed E-state index contributed by atoms with van der Waals surface area (Å²) in [4.78, 5) is 57.4. The summed E-state index contributed by atoms with van der Waals surface area (Å²) in [6, 6.07) is 9.78. The molecule has 10 nitrogen and oxygen atoms in total. The number of non-ortho nitro benzene ring substituents is 1. The van der Waals surface area contributed by atoms with E-state index in [-0.39, 0.29) is 16.8 Å². The van der Waals surface area contributed by atoms with Gasteiger partial charge in [-0.2, -0.15) is 0 Å². The Hall–Kier alpha value is -3.92. The number of nitrogens with zero attached hydrogens (tertiary/aromatic N) is 1. The Balaban J connectivity index is 2.04. The van der Waals surface area contributed by atoms with Gasteiger partial charge in [-0.3, -0.25) is 24.5 Å². The van der Waals surface area contributed by atoms with Gasteiger partial charge in [0.2, 0.25) is 0 Å². The molecular weight excluding hydrogens is 394 g/mol. The van der Waals surface area contributed by atoms with Crippen LogP contribution in [0.2, 0.25) is 0 Å². The molecule has 0 aliphatic heterocycles. The number of Topliss-reactive ketones (excluding diaryl/α,β-unsaturated/α-hetero) is 1. The van der Waals surface area contributed by atoms with Crippen LogP contribution in [0.15, 0.2) is 48.5 Å². The number of ketones is 1. The number of anilines is 1. The summed E-state index contributed by atoms with van der Waals surface area (Å²) in [5, 5.41) is 15.7. The highest BCUT2D eigenvalue weighted by Gasteiger charge is 2.27. The molecule has 0 saturated carbocycles. The van der Waals surface area contributed by atoms with Gasteiger partial charge in [0.25, 0.3) is 17.5 Å². The first-order chi connectivity index (χ1) is 14.3. The molecule has 156 valence electrons. The van der Waals surface area contributed by atoms with Crippen LogP contribution in [0, 0.1) is 10.1 Å². The normalized spacial score (nSPS) is 12.3. The number of carbonyl (C=O) groups excluding carboxylic acids is 4. The molecule has 10 heteroatoms. The molecule has 2 rings (SSSR count). The van der Waals surface area contributed by atoms with Gasteiger partial charge in [-0.05, 0) is 43.3 Å². The number of amides is 2. The molecule has 0 radical (unpaired) electrons. The third kappa shape index (κ3) is 5.55. The number of hydrogen-bond donors (Lipinski definition) is 2. The van der Waals surface area contributed by atoms with Crippen LogP contribution in [0.4, 0.5) is 11.4 Å².